The van der Waals surface area contributed by atoms with Crippen molar-refractivity contribution in [2.24, 2.45) is 0 Å². The fourth-order valence-electron chi connectivity index (χ4n) is 1.94. The molecular weight excluding hydrogens is 280 g/mol. The van der Waals surface area contributed by atoms with Crippen LogP contribution in [0.2, 0.25) is 0 Å². The second-order valence-corrected chi connectivity index (χ2v) is 4.62. The number of carbonyl (C=O) groups excluding carboxylic acids is 1. The van der Waals surface area contributed by atoms with Crippen LogP contribution in [0.4, 0.5) is 5.69 Å². The van der Waals surface area contributed by atoms with Crippen molar-refractivity contribution in [2.75, 3.05) is 5.32 Å². The minimum atomic E-state index is -0.264. The fourth-order valence-corrected chi connectivity index (χ4v) is 1.94. The number of amides is 1. The van der Waals surface area contributed by atoms with Crippen LogP contribution in [0.3, 0.4) is 0 Å². The minimum Gasteiger partial charge on any atom is -0.339 e. The molecule has 0 atom stereocenters. The van der Waals surface area contributed by atoms with Crippen LogP contribution in [-0.4, -0.2) is 21.0 Å². The van der Waals surface area contributed by atoms with Crippen molar-refractivity contribution in [2.45, 2.75) is 13.3 Å². The number of anilines is 1. The third-order valence-corrected chi connectivity index (χ3v) is 3.05. The van der Waals surface area contributed by atoms with Crippen molar-refractivity contribution in [3.63, 3.8) is 0 Å². The van der Waals surface area contributed by atoms with Crippen molar-refractivity contribution < 1.29 is 9.32 Å². The van der Waals surface area contributed by atoms with E-state index in [1.54, 1.807) is 36.5 Å². The Balaban J connectivity index is 1.81. The van der Waals surface area contributed by atoms with Gasteiger partial charge in [0.25, 0.3) is 5.91 Å². The molecule has 22 heavy (non-hydrogen) atoms. The zero-order chi connectivity index (χ0) is 15.4. The lowest BCUT2D eigenvalue weighted by molar-refractivity contribution is 0.102. The normalized spacial score (nSPS) is 10.4. The Morgan fingerprint density at radius 3 is 2.86 bits per heavy atom. The van der Waals surface area contributed by atoms with E-state index in [9.17, 15) is 4.79 Å². The number of pyridine rings is 1. The highest BCUT2D eigenvalue weighted by Crippen LogP contribution is 2.20. The number of nitrogens with one attached hydrogen (secondary N) is 1. The van der Waals surface area contributed by atoms with Gasteiger partial charge in [0.05, 0.1) is 0 Å². The van der Waals surface area contributed by atoms with Gasteiger partial charge < -0.3 is 9.84 Å². The summed E-state index contributed by atoms with van der Waals surface area (Å²) < 4.78 is 5.10. The molecule has 1 N–H and O–H groups in total. The van der Waals surface area contributed by atoms with Gasteiger partial charge in [-0.2, -0.15) is 4.98 Å². The number of aromatic nitrogens is 3. The topological polar surface area (TPSA) is 80.9 Å². The van der Waals surface area contributed by atoms with Gasteiger partial charge in [-0.15, -0.1) is 0 Å². The summed E-state index contributed by atoms with van der Waals surface area (Å²) in [6, 6.07) is 12.5. The van der Waals surface area contributed by atoms with Crippen LogP contribution in [0.15, 0.2) is 53.2 Å². The first-order valence-corrected chi connectivity index (χ1v) is 6.91. The third kappa shape index (κ3) is 3.01. The molecule has 0 saturated carbocycles. The van der Waals surface area contributed by atoms with Crippen LogP contribution in [-0.2, 0) is 6.42 Å². The average Bonchev–Trinajstić information content (AvgIpc) is 3.05. The second-order valence-electron chi connectivity index (χ2n) is 4.62. The first kappa shape index (κ1) is 13.9. The van der Waals surface area contributed by atoms with Crippen molar-refractivity contribution in [1.82, 2.24) is 15.1 Å². The Kier molecular flexibility index (Phi) is 3.91. The molecule has 1 aromatic carbocycles. The van der Waals surface area contributed by atoms with E-state index in [1.165, 1.54) is 0 Å². The van der Waals surface area contributed by atoms with E-state index in [1.807, 2.05) is 19.1 Å². The molecule has 0 unspecified atom stereocenters. The van der Waals surface area contributed by atoms with Crippen LogP contribution in [0.5, 0.6) is 0 Å². The van der Waals surface area contributed by atoms with Crippen molar-refractivity contribution in [3.05, 3.63) is 60.2 Å². The summed E-state index contributed by atoms with van der Waals surface area (Å²) in [5, 5.41) is 6.73. The zero-order valence-electron chi connectivity index (χ0n) is 12.0. The Bertz CT molecular complexity index is 784. The van der Waals surface area contributed by atoms with Crippen LogP contribution >= 0.6 is 0 Å². The Morgan fingerprint density at radius 2 is 2.14 bits per heavy atom. The first-order chi connectivity index (χ1) is 10.8. The molecule has 2 heterocycles. The molecule has 1 amide bonds. The second kappa shape index (κ2) is 6.17. The number of carbonyl (C=O) groups is 1. The number of hydrogen-bond donors (Lipinski definition) is 1. The smallest absolute Gasteiger partial charge is 0.274 e. The molecule has 6 heteroatoms. The summed E-state index contributed by atoms with van der Waals surface area (Å²) in [5.41, 5.74) is 1.79. The number of rotatable bonds is 4. The van der Waals surface area contributed by atoms with Gasteiger partial charge >= 0.3 is 0 Å². The van der Waals surface area contributed by atoms with Gasteiger partial charge in [-0.25, -0.2) is 0 Å². The molecule has 0 aliphatic carbocycles. The fraction of sp³-hybridized carbons (Fsp3) is 0.125. The van der Waals surface area contributed by atoms with E-state index in [-0.39, 0.29) is 5.91 Å². The molecule has 110 valence electrons. The van der Waals surface area contributed by atoms with Crippen molar-refractivity contribution in [3.8, 4) is 11.4 Å². The molecule has 0 fully saturated rings. The molecule has 0 radical (unpaired) electrons. The predicted octanol–water partition coefficient (Wildman–Crippen LogP) is 2.95. The molecule has 3 rings (SSSR count). The Hall–Kier alpha value is -3.02. The summed E-state index contributed by atoms with van der Waals surface area (Å²) in [6.07, 6.45) is 2.26. The maximum absolute atomic E-state index is 12.1. The lowest BCUT2D eigenvalue weighted by atomic mass is 10.2. The minimum absolute atomic E-state index is 0.264. The van der Waals surface area contributed by atoms with E-state index < -0.39 is 0 Å². The summed E-state index contributed by atoms with van der Waals surface area (Å²) in [4.78, 5) is 20.4. The molecule has 0 saturated heterocycles. The number of aryl methyl sites for hydroxylation is 1. The van der Waals surface area contributed by atoms with Crippen LogP contribution in [0, 0.1) is 0 Å². The third-order valence-electron chi connectivity index (χ3n) is 3.05. The van der Waals surface area contributed by atoms with Crippen LogP contribution in [0.25, 0.3) is 11.4 Å². The largest absolute Gasteiger partial charge is 0.339 e. The van der Waals surface area contributed by atoms with Crippen molar-refractivity contribution in [1.29, 1.82) is 0 Å². The first-order valence-electron chi connectivity index (χ1n) is 6.91. The van der Waals surface area contributed by atoms with Crippen molar-refractivity contribution >= 4 is 11.6 Å². The van der Waals surface area contributed by atoms with Gasteiger partial charge in [-0.3, -0.25) is 9.78 Å². The highest BCUT2D eigenvalue weighted by molar-refractivity contribution is 6.03. The van der Waals surface area contributed by atoms with Gasteiger partial charge in [-0.1, -0.05) is 30.3 Å². The molecule has 3 aromatic rings. The summed E-state index contributed by atoms with van der Waals surface area (Å²) in [6.45, 7) is 1.95. The molecule has 0 aliphatic rings. The van der Waals surface area contributed by atoms with Gasteiger partial charge in [-0.05, 0) is 24.3 Å². The van der Waals surface area contributed by atoms with Gasteiger partial charge in [0.2, 0.25) is 11.7 Å². The number of nitrogens with zero attached hydrogens (tertiary/aromatic N) is 3. The van der Waals surface area contributed by atoms with E-state index in [0.717, 1.165) is 5.56 Å². The number of benzene rings is 1. The lowest BCUT2D eigenvalue weighted by Gasteiger charge is -2.05. The van der Waals surface area contributed by atoms with E-state index in [0.29, 0.717) is 29.5 Å². The van der Waals surface area contributed by atoms with Gasteiger partial charge in [0.15, 0.2) is 0 Å². The monoisotopic (exact) mass is 294 g/mol. The highest BCUT2D eigenvalue weighted by Gasteiger charge is 2.10. The lowest BCUT2D eigenvalue weighted by Crippen LogP contribution is -2.13. The molecular formula is C16H14N4O2. The summed E-state index contributed by atoms with van der Waals surface area (Å²) in [7, 11) is 0. The van der Waals surface area contributed by atoms with E-state index in [2.05, 4.69) is 20.4 Å². The number of hydrogen-bond acceptors (Lipinski definition) is 5. The molecule has 2 aromatic heterocycles. The highest BCUT2D eigenvalue weighted by atomic mass is 16.5. The molecule has 6 nitrogen and oxygen atoms in total. The van der Waals surface area contributed by atoms with E-state index >= 15 is 0 Å². The Labute approximate surface area is 127 Å². The standard InChI is InChI=1S/C16H14N4O2/c1-2-14-19-15(20-22-14)11-6-5-7-12(10-11)18-16(21)13-8-3-4-9-17-13/h3-10H,2H2,1H3,(H,18,21). The van der Waals surface area contributed by atoms with E-state index in [4.69, 9.17) is 4.52 Å². The summed E-state index contributed by atoms with van der Waals surface area (Å²) >= 11 is 0. The molecule has 0 aliphatic heterocycles. The quantitative estimate of drug-likeness (QED) is 0.800. The maximum atomic E-state index is 12.1. The van der Waals surface area contributed by atoms with Gasteiger partial charge in [0.1, 0.15) is 5.69 Å². The predicted molar refractivity (Wildman–Crippen MR) is 81.3 cm³/mol. The molecule has 0 spiro atoms. The summed E-state index contributed by atoms with van der Waals surface area (Å²) in [5.74, 6) is 0.823. The SMILES string of the molecule is CCc1nc(-c2cccc(NC(=O)c3ccccn3)c2)no1. The van der Waals surface area contributed by atoms with Crippen LogP contribution in [0.1, 0.15) is 23.3 Å². The van der Waals surface area contributed by atoms with Crippen LogP contribution < -0.4 is 5.32 Å². The van der Waals surface area contributed by atoms with Gasteiger partial charge in [0, 0.05) is 23.9 Å². The molecule has 0 bridgehead atoms. The maximum Gasteiger partial charge on any atom is 0.274 e. The Morgan fingerprint density at radius 1 is 1.23 bits per heavy atom. The average molecular weight is 294 g/mol. The zero-order valence-corrected chi connectivity index (χ0v) is 12.0.